The first-order valence-electron chi connectivity index (χ1n) is 16.3. The zero-order valence-electron chi connectivity index (χ0n) is 26.2. The van der Waals surface area contributed by atoms with E-state index in [9.17, 15) is 27.6 Å². The number of nitrogens with zero attached hydrogens (tertiary/aromatic N) is 4. The Morgan fingerprint density at radius 1 is 0.936 bits per heavy atom. The van der Waals surface area contributed by atoms with Crippen molar-refractivity contribution in [3.05, 3.63) is 63.0 Å². The molecule has 3 saturated heterocycles. The van der Waals surface area contributed by atoms with Crippen LogP contribution in [0.1, 0.15) is 49.3 Å². The molecule has 47 heavy (non-hydrogen) atoms. The molecule has 0 spiro atoms. The van der Waals surface area contributed by atoms with Crippen molar-refractivity contribution in [1.29, 1.82) is 0 Å². The SMILES string of the molecule is Nc1c(Cl)cc(C[C@@H](CC(=O)N2CCC(n3c(=O)[nH]c4ccccc43)CC2)C(=O)N2CCC(N3CCNCC3)CC2)cc1C(F)(F)F. The van der Waals surface area contributed by atoms with Gasteiger partial charge >= 0.3 is 11.9 Å². The summed E-state index contributed by atoms with van der Waals surface area (Å²) in [6.45, 7) is 5.64. The molecule has 3 fully saturated rings. The summed E-state index contributed by atoms with van der Waals surface area (Å²) in [6, 6.07) is 10.1. The molecule has 0 radical (unpaired) electrons. The fourth-order valence-electron chi connectivity index (χ4n) is 7.46. The topological polar surface area (TPSA) is 120 Å². The lowest BCUT2D eigenvalue weighted by Crippen LogP contribution is -2.53. The van der Waals surface area contributed by atoms with Crippen LogP contribution in [0.15, 0.2) is 41.2 Å². The summed E-state index contributed by atoms with van der Waals surface area (Å²) in [5.41, 5.74) is 5.63. The Kier molecular flexibility index (Phi) is 9.86. The van der Waals surface area contributed by atoms with Gasteiger partial charge in [0.1, 0.15) is 0 Å². The number of para-hydroxylation sites is 2. The van der Waals surface area contributed by atoms with Crippen molar-refractivity contribution >= 4 is 40.1 Å². The number of nitrogen functional groups attached to an aromatic ring is 1. The third kappa shape index (κ3) is 7.31. The lowest BCUT2D eigenvalue weighted by molar-refractivity contribution is -0.143. The molecule has 6 rings (SSSR count). The van der Waals surface area contributed by atoms with Crippen LogP contribution in [0.5, 0.6) is 0 Å². The molecule has 1 aromatic heterocycles. The number of H-pyrrole nitrogens is 1. The average molecular weight is 676 g/mol. The van der Waals surface area contributed by atoms with Gasteiger partial charge in [0.15, 0.2) is 0 Å². The Labute approximate surface area is 276 Å². The molecule has 0 unspecified atom stereocenters. The molecule has 4 N–H and O–H groups in total. The van der Waals surface area contributed by atoms with Gasteiger partial charge in [0.05, 0.1) is 33.2 Å². The van der Waals surface area contributed by atoms with E-state index in [1.54, 1.807) is 14.4 Å². The first kappa shape index (κ1) is 33.4. The Hall–Kier alpha value is -3.55. The third-order valence-electron chi connectivity index (χ3n) is 10.00. The number of benzene rings is 2. The zero-order chi connectivity index (χ0) is 33.3. The van der Waals surface area contributed by atoms with E-state index in [0.717, 1.165) is 56.1 Å². The number of aromatic nitrogens is 2. The predicted octanol–water partition coefficient (Wildman–Crippen LogP) is 3.89. The van der Waals surface area contributed by atoms with Gasteiger partial charge in [-0.2, -0.15) is 13.2 Å². The third-order valence-corrected chi connectivity index (χ3v) is 10.3. The van der Waals surface area contributed by atoms with Crippen molar-refractivity contribution in [2.75, 3.05) is 58.1 Å². The maximum Gasteiger partial charge on any atom is 0.418 e. The van der Waals surface area contributed by atoms with Crippen LogP contribution >= 0.6 is 11.6 Å². The smallest absolute Gasteiger partial charge is 0.397 e. The molecule has 10 nitrogen and oxygen atoms in total. The number of carbonyl (C=O) groups is 2. The van der Waals surface area contributed by atoms with Crippen molar-refractivity contribution in [1.82, 2.24) is 29.6 Å². The van der Waals surface area contributed by atoms with E-state index in [1.807, 2.05) is 24.3 Å². The van der Waals surface area contributed by atoms with Crippen LogP contribution in [-0.4, -0.2) is 94.5 Å². The van der Waals surface area contributed by atoms with Crippen LogP contribution in [-0.2, 0) is 22.2 Å². The summed E-state index contributed by atoms with van der Waals surface area (Å²) >= 11 is 6.13. The number of hydrogen-bond donors (Lipinski definition) is 3. The molecule has 4 heterocycles. The van der Waals surface area contributed by atoms with E-state index < -0.39 is 23.3 Å². The van der Waals surface area contributed by atoms with Crippen LogP contribution in [0.4, 0.5) is 18.9 Å². The van der Waals surface area contributed by atoms with Crippen LogP contribution < -0.4 is 16.7 Å². The molecule has 254 valence electrons. The van der Waals surface area contributed by atoms with E-state index in [1.165, 1.54) is 6.07 Å². The molecule has 2 aromatic carbocycles. The number of rotatable bonds is 7. The summed E-state index contributed by atoms with van der Waals surface area (Å²) in [6.07, 6.45) is -2.20. The first-order chi connectivity index (χ1) is 22.5. The summed E-state index contributed by atoms with van der Waals surface area (Å²) in [7, 11) is 0. The van der Waals surface area contributed by atoms with Gasteiger partial charge in [-0.1, -0.05) is 23.7 Å². The largest absolute Gasteiger partial charge is 0.418 e. The second-order valence-electron chi connectivity index (χ2n) is 12.9. The maximum atomic E-state index is 14.0. The lowest BCUT2D eigenvalue weighted by atomic mass is 9.91. The Morgan fingerprint density at radius 3 is 2.26 bits per heavy atom. The highest BCUT2D eigenvalue weighted by atomic mass is 35.5. The van der Waals surface area contributed by atoms with Gasteiger partial charge in [-0.05, 0) is 61.9 Å². The number of hydrogen-bond acceptors (Lipinski definition) is 6. The Bertz CT molecular complexity index is 1650. The fourth-order valence-corrected chi connectivity index (χ4v) is 7.71. The van der Waals surface area contributed by atoms with Crippen molar-refractivity contribution in [3.63, 3.8) is 0 Å². The molecule has 0 aliphatic carbocycles. The predicted molar refractivity (Wildman–Crippen MR) is 174 cm³/mol. The quantitative estimate of drug-likeness (QED) is 0.327. The van der Waals surface area contributed by atoms with Crippen LogP contribution in [0.25, 0.3) is 11.0 Å². The molecule has 0 bridgehead atoms. The monoisotopic (exact) mass is 675 g/mol. The fraction of sp³-hybridized carbons (Fsp3) is 0.545. The Balaban J connectivity index is 1.16. The maximum absolute atomic E-state index is 14.0. The number of nitrogens with one attached hydrogen (secondary N) is 2. The number of aromatic amines is 1. The zero-order valence-corrected chi connectivity index (χ0v) is 27.0. The molecular weight excluding hydrogens is 635 g/mol. The van der Waals surface area contributed by atoms with Crippen molar-refractivity contribution in [2.45, 2.75) is 56.8 Å². The number of nitrogens with two attached hydrogens (primary N) is 1. The van der Waals surface area contributed by atoms with E-state index in [2.05, 4.69) is 15.2 Å². The summed E-state index contributed by atoms with van der Waals surface area (Å²) < 4.78 is 43.1. The molecule has 1 atom stereocenters. The standard InChI is InChI=1S/C33H41ClF3N7O3/c34-26-19-21(18-25(30(26)38)33(35,36)37)17-22(31(46)43-13-5-23(6-14-43)41-15-9-39-10-16-41)20-29(45)42-11-7-24(8-12-42)44-28-4-2-1-3-27(28)40-32(44)47/h1-4,18-19,22-24,39H,5-17,20,38H2,(H,40,47)/t22-/m0/s1. The molecule has 2 amide bonds. The van der Waals surface area contributed by atoms with Gasteiger partial charge in [0.2, 0.25) is 11.8 Å². The number of piperidine rings is 2. The molecule has 0 saturated carbocycles. The van der Waals surface area contributed by atoms with Crippen LogP contribution in [0.3, 0.4) is 0 Å². The molecule has 3 aliphatic heterocycles. The minimum Gasteiger partial charge on any atom is -0.397 e. The summed E-state index contributed by atoms with van der Waals surface area (Å²) in [5.74, 6) is -1.34. The Morgan fingerprint density at radius 2 is 1.57 bits per heavy atom. The molecule has 3 aliphatic rings. The van der Waals surface area contributed by atoms with Gasteiger partial charge in [-0.15, -0.1) is 0 Å². The van der Waals surface area contributed by atoms with Crippen molar-refractivity contribution < 1.29 is 22.8 Å². The van der Waals surface area contributed by atoms with Gasteiger partial charge in [0, 0.05) is 70.9 Å². The van der Waals surface area contributed by atoms with E-state index >= 15 is 0 Å². The molecular formula is C33H41ClF3N7O3. The highest BCUT2D eigenvalue weighted by Gasteiger charge is 2.37. The van der Waals surface area contributed by atoms with Crippen LogP contribution in [0.2, 0.25) is 5.02 Å². The van der Waals surface area contributed by atoms with Gasteiger partial charge in [-0.25, -0.2) is 4.79 Å². The number of fused-ring (bicyclic) bond motifs is 1. The number of imidazole rings is 1. The number of carbonyl (C=O) groups excluding carboxylic acids is 2. The number of piperazine rings is 1. The number of halogens is 4. The minimum atomic E-state index is -4.72. The first-order valence-corrected chi connectivity index (χ1v) is 16.7. The number of likely N-dealkylation sites (tertiary alicyclic amines) is 2. The second-order valence-corrected chi connectivity index (χ2v) is 13.3. The lowest BCUT2D eigenvalue weighted by Gasteiger charge is -2.41. The number of amides is 2. The van der Waals surface area contributed by atoms with Gasteiger partial charge < -0.3 is 25.8 Å². The average Bonchev–Trinajstić information content (AvgIpc) is 3.41. The second kappa shape index (κ2) is 13.9. The van der Waals surface area contributed by atoms with E-state index in [-0.39, 0.29) is 47.0 Å². The molecule has 3 aromatic rings. The highest BCUT2D eigenvalue weighted by molar-refractivity contribution is 6.33. The number of alkyl halides is 3. The van der Waals surface area contributed by atoms with Gasteiger partial charge in [0.25, 0.3) is 0 Å². The minimum absolute atomic E-state index is 0.0768. The normalized spacial score (nSPS) is 19.7. The number of anilines is 1. The highest BCUT2D eigenvalue weighted by Crippen LogP contribution is 2.38. The van der Waals surface area contributed by atoms with Gasteiger partial charge in [-0.3, -0.25) is 19.1 Å². The summed E-state index contributed by atoms with van der Waals surface area (Å²) in [4.78, 5) is 49.2. The van der Waals surface area contributed by atoms with E-state index in [4.69, 9.17) is 17.3 Å². The van der Waals surface area contributed by atoms with Crippen molar-refractivity contribution in [2.24, 2.45) is 5.92 Å². The summed E-state index contributed by atoms with van der Waals surface area (Å²) in [5, 5.41) is 3.12. The van der Waals surface area contributed by atoms with E-state index in [0.29, 0.717) is 45.1 Å². The molecule has 14 heteroatoms. The van der Waals surface area contributed by atoms with Crippen molar-refractivity contribution in [3.8, 4) is 0 Å². The van der Waals surface area contributed by atoms with Crippen LogP contribution in [0, 0.1) is 5.92 Å².